The van der Waals surface area contributed by atoms with Crippen molar-refractivity contribution in [2.75, 3.05) is 5.73 Å². The van der Waals surface area contributed by atoms with Gasteiger partial charge in [0.2, 0.25) is 0 Å². The number of hydrogen-bond donors (Lipinski definition) is 2. The van der Waals surface area contributed by atoms with Gasteiger partial charge in [0.15, 0.2) is 0 Å². The van der Waals surface area contributed by atoms with Gasteiger partial charge < -0.3 is 15.8 Å². The number of nitrogens with one attached hydrogen (secondary N) is 1. The molecule has 0 saturated heterocycles. The maximum atomic E-state index is 12.8. The second kappa shape index (κ2) is 6.05. The number of halogens is 1. The Bertz CT molecular complexity index is 682. The van der Waals surface area contributed by atoms with E-state index in [1.807, 2.05) is 0 Å². The summed E-state index contributed by atoms with van der Waals surface area (Å²) in [6.07, 6.45) is 2.08. The molecule has 0 unspecified atom stereocenters. The zero-order chi connectivity index (χ0) is 15.5. The Morgan fingerprint density at radius 3 is 2.59 bits per heavy atom. The lowest BCUT2D eigenvalue weighted by atomic mass is 10.1. The Hall–Kier alpha value is -2.56. The fraction of sp³-hybridized carbons (Fsp3) is 0.235. The van der Waals surface area contributed by atoms with E-state index in [2.05, 4.69) is 5.32 Å². The average Bonchev–Trinajstić information content (AvgIpc) is 3.31. The highest BCUT2D eigenvalue weighted by atomic mass is 19.1. The summed E-state index contributed by atoms with van der Waals surface area (Å²) in [5, 5.41) is 2.91. The lowest BCUT2D eigenvalue weighted by Gasteiger charge is -2.11. The Labute approximate surface area is 128 Å². The maximum absolute atomic E-state index is 12.8. The number of hydrogen-bond acceptors (Lipinski definition) is 3. The monoisotopic (exact) mass is 300 g/mol. The summed E-state index contributed by atoms with van der Waals surface area (Å²) in [5.41, 5.74) is 7.71. The molecule has 1 amide bonds. The van der Waals surface area contributed by atoms with Crippen LogP contribution >= 0.6 is 0 Å². The van der Waals surface area contributed by atoms with Crippen LogP contribution in [0.2, 0.25) is 0 Å². The van der Waals surface area contributed by atoms with Crippen molar-refractivity contribution in [3.63, 3.8) is 0 Å². The predicted octanol–water partition coefficient (Wildman–Crippen LogP) is 2.88. The molecule has 2 aromatic rings. The third kappa shape index (κ3) is 3.55. The summed E-state index contributed by atoms with van der Waals surface area (Å²) >= 11 is 0. The zero-order valence-corrected chi connectivity index (χ0v) is 12.0. The number of carbonyl (C=O) groups is 1. The molecular weight excluding hydrogens is 283 g/mol. The number of benzene rings is 2. The molecule has 114 valence electrons. The van der Waals surface area contributed by atoms with Crippen molar-refractivity contribution in [3.8, 4) is 5.75 Å². The molecule has 0 bridgehead atoms. The summed E-state index contributed by atoms with van der Waals surface area (Å²) in [5.74, 6) is 0.112. The van der Waals surface area contributed by atoms with Crippen LogP contribution in [0.5, 0.6) is 5.75 Å². The first kappa shape index (κ1) is 14.4. The van der Waals surface area contributed by atoms with E-state index in [1.54, 1.807) is 30.3 Å². The molecule has 0 atom stereocenters. The van der Waals surface area contributed by atoms with Crippen LogP contribution in [0.4, 0.5) is 10.1 Å². The van der Waals surface area contributed by atoms with Crippen molar-refractivity contribution in [1.29, 1.82) is 0 Å². The highest BCUT2D eigenvalue weighted by Gasteiger charge is 2.24. The van der Waals surface area contributed by atoms with Crippen molar-refractivity contribution in [3.05, 3.63) is 59.4 Å². The van der Waals surface area contributed by atoms with Gasteiger partial charge in [-0.05, 0) is 48.7 Å². The first-order valence-corrected chi connectivity index (χ1v) is 7.19. The molecule has 2 aromatic carbocycles. The van der Waals surface area contributed by atoms with E-state index < -0.39 is 0 Å². The molecule has 0 aromatic heterocycles. The summed E-state index contributed by atoms with van der Waals surface area (Å²) < 4.78 is 18.4. The summed E-state index contributed by atoms with van der Waals surface area (Å²) in [6.45, 7) is 0.290. The Morgan fingerprint density at radius 1 is 1.23 bits per heavy atom. The molecule has 1 saturated carbocycles. The van der Waals surface area contributed by atoms with Gasteiger partial charge in [-0.1, -0.05) is 12.1 Å². The van der Waals surface area contributed by atoms with Crippen molar-refractivity contribution in [2.45, 2.75) is 25.5 Å². The lowest BCUT2D eigenvalue weighted by Crippen LogP contribution is -2.25. The van der Waals surface area contributed by atoms with E-state index in [4.69, 9.17) is 10.5 Å². The van der Waals surface area contributed by atoms with E-state index in [1.165, 1.54) is 12.1 Å². The van der Waals surface area contributed by atoms with Crippen LogP contribution in [0.1, 0.15) is 28.8 Å². The molecule has 0 spiro atoms. The molecule has 4 nitrogen and oxygen atoms in total. The van der Waals surface area contributed by atoms with Gasteiger partial charge in [0, 0.05) is 11.6 Å². The van der Waals surface area contributed by atoms with Gasteiger partial charge in [0.05, 0.1) is 5.69 Å². The van der Waals surface area contributed by atoms with E-state index in [-0.39, 0.29) is 18.3 Å². The van der Waals surface area contributed by atoms with Gasteiger partial charge in [-0.2, -0.15) is 0 Å². The Kier molecular flexibility index (Phi) is 3.96. The molecule has 1 fully saturated rings. The highest BCUT2D eigenvalue weighted by molar-refractivity contribution is 5.95. The molecule has 3 N–H and O–H groups in total. The number of nitrogen functional groups attached to an aromatic ring is 1. The van der Waals surface area contributed by atoms with Crippen LogP contribution < -0.4 is 15.8 Å². The van der Waals surface area contributed by atoms with Crippen molar-refractivity contribution in [2.24, 2.45) is 0 Å². The van der Waals surface area contributed by atoms with Gasteiger partial charge in [0.25, 0.3) is 5.91 Å². The van der Waals surface area contributed by atoms with Crippen LogP contribution in [-0.4, -0.2) is 11.9 Å². The second-order valence-corrected chi connectivity index (χ2v) is 5.42. The van der Waals surface area contributed by atoms with E-state index in [0.29, 0.717) is 23.0 Å². The third-order valence-corrected chi connectivity index (χ3v) is 3.49. The lowest BCUT2D eigenvalue weighted by molar-refractivity contribution is 0.0951. The van der Waals surface area contributed by atoms with Crippen molar-refractivity contribution < 1.29 is 13.9 Å². The average molecular weight is 300 g/mol. The molecular formula is C17H17FN2O2. The predicted molar refractivity (Wildman–Crippen MR) is 82.1 cm³/mol. The largest absolute Gasteiger partial charge is 0.487 e. The summed E-state index contributed by atoms with van der Waals surface area (Å²) in [6, 6.07) is 11.4. The molecule has 1 aliphatic carbocycles. The van der Waals surface area contributed by atoms with Crippen LogP contribution in [0.15, 0.2) is 42.5 Å². The van der Waals surface area contributed by atoms with Crippen LogP contribution in [0.25, 0.3) is 0 Å². The molecule has 1 aliphatic rings. The van der Waals surface area contributed by atoms with Crippen LogP contribution in [0.3, 0.4) is 0 Å². The fourth-order valence-electron chi connectivity index (χ4n) is 2.06. The number of nitrogens with two attached hydrogens (primary N) is 1. The van der Waals surface area contributed by atoms with Crippen molar-refractivity contribution in [1.82, 2.24) is 5.32 Å². The number of amides is 1. The van der Waals surface area contributed by atoms with Crippen molar-refractivity contribution >= 4 is 11.6 Å². The topological polar surface area (TPSA) is 64.4 Å². The fourth-order valence-corrected chi connectivity index (χ4v) is 2.06. The van der Waals surface area contributed by atoms with Gasteiger partial charge in [-0.3, -0.25) is 4.79 Å². The minimum absolute atomic E-state index is 0.112. The third-order valence-electron chi connectivity index (χ3n) is 3.49. The van der Waals surface area contributed by atoms with Gasteiger partial charge >= 0.3 is 0 Å². The first-order valence-electron chi connectivity index (χ1n) is 7.19. The minimum atomic E-state index is -0.283. The quantitative estimate of drug-likeness (QED) is 0.835. The molecule has 0 heterocycles. The number of anilines is 1. The second-order valence-electron chi connectivity index (χ2n) is 5.42. The number of rotatable bonds is 5. The SMILES string of the molecule is Nc1cc(C(=O)NC2CC2)ccc1OCc1ccc(F)cc1. The Balaban J connectivity index is 1.63. The highest BCUT2D eigenvalue weighted by Crippen LogP contribution is 2.25. The molecule has 22 heavy (non-hydrogen) atoms. The molecule has 5 heteroatoms. The first-order chi connectivity index (χ1) is 10.6. The standard InChI is InChI=1S/C17H17FN2O2/c18-13-4-1-11(2-5-13)10-22-16-8-3-12(9-15(16)19)17(21)20-14-6-7-14/h1-5,8-9,14H,6-7,10,19H2,(H,20,21). The zero-order valence-electron chi connectivity index (χ0n) is 12.0. The Morgan fingerprint density at radius 2 is 1.95 bits per heavy atom. The number of carbonyl (C=O) groups excluding carboxylic acids is 1. The van der Waals surface area contributed by atoms with Crippen LogP contribution in [-0.2, 0) is 6.61 Å². The molecule has 0 radical (unpaired) electrons. The van der Waals surface area contributed by atoms with E-state index in [9.17, 15) is 9.18 Å². The molecule has 3 rings (SSSR count). The summed E-state index contributed by atoms with van der Waals surface area (Å²) in [4.78, 5) is 11.9. The maximum Gasteiger partial charge on any atom is 0.251 e. The molecule has 0 aliphatic heterocycles. The number of ether oxygens (including phenoxy) is 1. The van der Waals surface area contributed by atoms with E-state index in [0.717, 1.165) is 18.4 Å². The van der Waals surface area contributed by atoms with E-state index >= 15 is 0 Å². The van der Waals surface area contributed by atoms with Gasteiger partial charge in [0.1, 0.15) is 18.2 Å². The minimum Gasteiger partial charge on any atom is -0.487 e. The summed E-state index contributed by atoms with van der Waals surface area (Å²) in [7, 11) is 0. The normalized spacial score (nSPS) is 13.7. The van der Waals surface area contributed by atoms with Gasteiger partial charge in [-0.15, -0.1) is 0 Å². The van der Waals surface area contributed by atoms with Gasteiger partial charge in [-0.25, -0.2) is 4.39 Å². The van der Waals surface area contributed by atoms with Crippen LogP contribution in [0, 0.1) is 5.82 Å². The smallest absolute Gasteiger partial charge is 0.251 e.